The van der Waals surface area contributed by atoms with Gasteiger partial charge in [0.05, 0.1) is 13.7 Å². The molecule has 2 heterocycles. The van der Waals surface area contributed by atoms with E-state index in [1.807, 2.05) is 54.6 Å². The average molecular weight is 724 g/mol. The largest absolute Gasteiger partial charge is 0.497 e. The van der Waals surface area contributed by atoms with Crippen LogP contribution in [0.2, 0.25) is 0 Å². The highest BCUT2D eigenvalue weighted by atomic mass is 16.5. The highest BCUT2D eigenvalue weighted by Gasteiger charge is 2.37. The van der Waals surface area contributed by atoms with Crippen molar-refractivity contribution in [2.75, 3.05) is 20.2 Å². The number of aromatic amines is 1. The van der Waals surface area contributed by atoms with Crippen LogP contribution >= 0.6 is 0 Å². The Bertz CT molecular complexity index is 1940. The molecule has 15 heteroatoms. The van der Waals surface area contributed by atoms with Crippen LogP contribution in [-0.4, -0.2) is 89.7 Å². The summed E-state index contributed by atoms with van der Waals surface area (Å²) in [7, 11) is 1.55. The second kappa shape index (κ2) is 17.7. The molecule has 53 heavy (non-hydrogen) atoms. The van der Waals surface area contributed by atoms with Gasteiger partial charge in [0.1, 0.15) is 29.9 Å². The van der Waals surface area contributed by atoms with Crippen molar-refractivity contribution in [1.29, 1.82) is 0 Å². The molecule has 10 N–H and O–H groups in total. The molecule has 0 radical (unpaired) electrons. The number of likely N-dealkylation sites (tertiary alicyclic amines) is 1. The number of nitrogens with one attached hydrogen (secondary N) is 4. The maximum absolute atomic E-state index is 13.7. The third-order valence-electron chi connectivity index (χ3n) is 9.13. The number of amides is 5. The van der Waals surface area contributed by atoms with Crippen LogP contribution in [0.1, 0.15) is 29.5 Å². The fraction of sp³-hybridized carbons (Fsp3) is 0.316. The zero-order valence-electron chi connectivity index (χ0n) is 29.4. The van der Waals surface area contributed by atoms with Gasteiger partial charge in [-0.1, -0.05) is 60.7 Å². The Hall–Kier alpha value is -6.38. The number of hydrogen-bond acceptors (Lipinski definition) is 7. The first-order chi connectivity index (χ1) is 25.5. The van der Waals surface area contributed by atoms with Gasteiger partial charge in [0.15, 0.2) is 5.96 Å². The maximum atomic E-state index is 13.7. The number of nitrogens with two attached hydrogens (primary N) is 3. The summed E-state index contributed by atoms with van der Waals surface area (Å²) in [4.78, 5) is 75.3. The Labute approximate surface area is 306 Å². The van der Waals surface area contributed by atoms with Crippen LogP contribution in [0.25, 0.3) is 10.9 Å². The Morgan fingerprint density at radius 2 is 1.57 bits per heavy atom. The van der Waals surface area contributed by atoms with E-state index in [1.54, 1.807) is 37.6 Å². The topological polar surface area (TPSA) is 240 Å². The number of methoxy groups -OCH3 is 1. The van der Waals surface area contributed by atoms with E-state index in [0.717, 1.165) is 27.6 Å². The van der Waals surface area contributed by atoms with Crippen molar-refractivity contribution in [3.05, 3.63) is 102 Å². The number of ether oxygens (including phenoxy) is 1. The molecule has 15 nitrogen and oxygen atoms in total. The van der Waals surface area contributed by atoms with Gasteiger partial charge in [-0.25, -0.2) is 4.99 Å². The van der Waals surface area contributed by atoms with Gasteiger partial charge in [-0.2, -0.15) is 0 Å². The number of hydrogen-bond donors (Lipinski definition) is 7. The standard InChI is InChI=1S/C38H45N9O6/c1-53-26-15-13-24(14-16-26)19-31(46-38(40)41)37(52)47-17-7-12-32(47)36(51)43-22-33(48)44-30(20-25-21-42-28-11-6-5-10-27(25)28)35(50)45-29(34(39)49)18-23-8-3-2-4-9-23/h2-6,8-11,13-16,21,29-32,42H,7,12,17-20,22H2,1H3,(H2,39,49)(H,43,51)(H,44,48)(H,45,50)(H4,40,41,46)/t29-,30-,31-,32?/m0/s1. The van der Waals surface area contributed by atoms with Crippen LogP contribution in [0.4, 0.5) is 0 Å². The number of guanidine groups is 1. The molecule has 1 saturated heterocycles. The highest BCUT2D eigenvalue weighted by molar-refractivity contribution is 5.96. The van der Waals surface area contributed by atoms with Crippen molar-refractivity contribution in [2.24, 2.45) is 22.2 Å². The molecule has 0 spiro atoms. The van der Waals surface area contributed by atoms with Crippen LogP contribution in [0, 0.1) is 0 Å². The molecule has 0 aliphatic carbocycles. The summed E-state index contributed by atoms with van der Waals surface area (Å²) >= 11 is 0. The van der Waals surface area contributed by atoms with Crippen LogP contribution in [0.3, 0.4) is 0 Å². The minimum absolute atomic E-state index is 0.0810. The summed E-state index contributed by atoms with van der Waals surface area (Å²) in [6.45, 7) is -0.166. The van der Waals surface area contributed by atoms with Crippen molar-refractivity contribution >= 4 is 46.4 Å². The second-order valence-corrected chi connectivity index (χ2v) is 12.9. The fourth-order valence-electron chi connectivity index (χ4n) is 6.45. The van der Waals surface area contributed by atoms with E-state index >= 15 is 0 Å². The predicted molar refractivity (Wildman–Crippen MR) is 199 cm³/mol. The predicted octanol–water partition coefficient (Wildman–Crippen LogP) is 0.409. The number of rotatable bonds is 16. The lowest BCUT2D eigenvalue weighted by atomic mass is 10.0. The van der Waals surface area contributed by atoms with Crippen LogP contribution in [0.5, 0.6) is 5.75 Å². The number of para-hydroxylation sites is 1. The van der Waals surface area contributed by atoms with Gasteiger partial charge < -0.3 is 47.8 Å². The number of carbonyl (C=O) groups excluding carboxylic acids is 5. The first-order valence-electron chi connectivity index (χ1n) is 17.3. The molecule has 0 bridgehead atoms. The quantitative estimate of drug-likeness (QED) is 0.0630. The Kier molecular flexibility index (Phi) is 12.7. The van der Waals surface area contributed by atoms with Crippen LogP contribution in [0.15, 0.2) is 90.1 Å². The van der Waals surface area contributed by atoms with E-state index in [0.29, 0.717) is 25.1 Å². The lowest BCUT2D eigenvalue weighted by Gasteiger charge is -2.27. The van der Waals surface area contributed by atoms with E-state index in [1.165, 1.54) is 4.90 Å². The van der Waals surface area contributed by atoms with Crippen molar-refractivity contribution in [3.63, 3.8) is 0 Å². The number of H-pyrrole nitrogens is 1. The van der Waals surface area contributed by atoms with E-state index in [-0.39, 0.29) is 25.2 Å². The van der Waals surface area contributed by atoms with Crippen molar-refractivity contribution in [2.45, 2.75) is 56.3 Å². The molecule has 5 rings (SSSR count). The molecule has 3 aromatic carbocycles. The van der Waals surface area contributed by atoms with Gasteiger partial charge in [-0.05, 0) is 47.7 Å². The molecule has 1 unspecified atom stereocenters. The number of primary amides is 1. The number of nitrogens with zero attached hydrogens (tertiary/aromatic N) is 2. The lowest BCUT2D eigenvalue weighted by molar-refractivity contribution is -0.139. The van der Waals surface area contributed by atoms with Gasteiger partial charge >= 0.3 is 0 Å². The summed E-state index contributed by atoms with van der Waals surface area (Å²) in [5, 5.41) is 8.90. The van der Waals surface area contributed by atoms with E-state index in [4.69, 9.17) is 21.9 Å². The molecule has 278 valence electrons. The fourth-order valence-corrected chi connectivity index (χ4v) is 6.45. The smallest absolute Gasteiger partial charge is 0.248 e. The van der Waals surface area contributed by atoms with E-state index in [9.17, 15) is 24.0 Å². The summed E-state index contributed by atoms with van der Waals surface area (Å²) in [5.74, 6) is -2.56. The normalized spacial score (nSPS) is 15.5. The third-order valence-corrected chi connectivity index (χ3v) is 9.13. The van der Waals surface area contributed by atoms with Gasteiger partial charge in [0.25, 0.3) is 0 Å². The number of aromatic nitrogens is 1. The van der Waals surface area contributed by atoms with Crippen LogP contribution in [-0.2, 0) is 43.2 Å². The molecule has 4 aromatic rings. The average Bonchev–Trinajstić information content (AvgIpc) is 3.81. The Balaban J connectivity index is 1.25. The molecule has 5 amide bonds. The van der Waals surface area contributed by atoms with Crippen molar-refractivity contribution in [1.82, 2.24) is 25.8 Å². The molecule has 1 aliphatic heterocycles. The summed E-state index contributed by atoms with van der Waals surface area (Å²) < 4.78 is 5.21. The highest BCUT2D eigenvalue weighted by Crippen LogP contribution is 2.22. The van der Waals surface area contributed by atoms with Gasteiger partial charge in [0, 0.05) is 42.9 Å². The molecule has 1 aliphatic rings. The van der Waals surface area contributed by atoms with Crippen molar-refractivity contribution < 1.29 is 28.7 Å². The Morgan fingerprint density at radius 3 is 2.26 bits per heavy atom. The number of carbonyl (C=O) groups is 5. The zero-order valence-corrected chi connectivity index (χ0v) is 29.4. The van der Waals surface area contributed by atoms with Gasteiger partial charge in [-0.3, -0.25) is 24.0 Å². The Morgan fingerprint density at radius 1 is 0.868 bits per heavy atom. The monoisotopic (exact) mass is 723 g/mol. The molecular formula is C38H45N9O6. The first-order valence-corrected chi connectivity index (χ1v) is 17.3. The summed E-state index contributed by atoms with van der Waals surface area (Å²) in [5.41, 5.74) is 20.2. The van der Waals surface area contributed by atoms with Crippen molar-refractivity contribution in [3.8, 4) is 5.75 Å². The number of fused-ring (bicyclic) bond motifs is 1. The zero-order chi connectivity index (χ0) is 37.9. The summed E-state index contributed by atoms with van der Waals surface area (Å²) in [6, 6.07) is 19.8. The molecule has 1 aromatic heterocycles. The SMILES string of the molecule is COc1ccc(C[C@H](N=C(N)N)C(=O)N2CCCC2C(=O)NCC(=O)N[C@@H](Cc2c[nH]c3ccccc23)C(=O)N[C@@H](Cc2ccccc2)C(N)=O)cc1. The van der Waals surface area contributed by atoms with Gasteiger partial charge in [-0.15, -0.1) is 0 Å². The number of aliphatic imine (C=N–C) groups is 1. The molecule has 4 atom stereocenters. The lowest BCUT2D eigenvalue weighted by Crippen LogP contribution is -2.56. The van der Waals surface area contributed by atoms with E-state index in [2.05, 4.69) is 25.9 Å². The van der Waals surface area contributed by atoms with E-state index < -0.39 is 60.2 Å². The second-order valence-electron chi connectivity index (χ2n) is 12.9. The first kappa shape index (κ1) is 37.9. The number of benzene rings is 3. The minimum atomic E-state index is -1.13. The maximum Gasteiger partial charge on any atom is 0.248 e. The third kappa shape index (κ3) is 10.1. The molecular weight excluding hydrogens is 678 g/mol. The summed E-state index contributed by atoms with van der Waals surface area (Å²) in [6.07, 6.45) is 3.12. The minimum Gasteiger partial charge on any atom is -0.497 e. The van der Waals surface area contributed by atoms with Crippen LogP contribution < -0.4 is 37.9 Å². The molecule has 1 fully saturated rings. The van der Waals surface area contributed by atoms with Gasteiger partial charge in [0.2, 0.25) is 29.5 Å². The molecule has 0 saturated carbocycles.